The summed E-state index contributed by atoms with van der Waals surface area (Å²) >= 11 is 0. The maximum Gasteiger partial charge on any atom is 0.338 e. The predicted molar refractivity (Wildman–Crippen MR) is 213 cm³/mol. The topological polar surface area (TPSA) is 156 Å². The monoisotopic (exact) mass is 804 g/mol. The number of fused-ring (bicyclic) bond motifs is 1. The number of hydrogen-bond donors (Lipinski definition) is 1. The van der Waals surface area contributed by atoms with E-state index in [0.717, 1.165) is 0 Å². The number of carbonyl (C=O) groups is 4. The lowest BCUT2D eigenvalue weighted by molar-refractivity contribution is -0.303. The van der Waals surface area contributed by atoms with Gasteiger partial charge in [-0.25, -0.2) is 19.2 Å². The van der Waals surface area contributed by atoms with E-state index in [-0.39, 0.29) is 22.3 Å². The van der Waals surface area contributed by atoms with Gasteiger partial charge in [-0.1, -0.05) is 98.8 Å². The van der Waals surface area contributed by atoms with Crippen molar-refractivity contribution in [3.05, 3.63) is 156 Å². The molecule has 0 aromatic heterocycles. The van der Waals surface area contributed by atoms with Crippen LogP contribution < -0.4 is 0 Å². The Morgan fingerprint density at radius 1 is 0.661 bits per heavy atom. The number of aliphatic hydroxyl groups excluding tert-OH is 1. The molecule has 7 rings (SSSR count). The van der Waals surface area contributed by atoms with Crippen LogP contribution in [0.25, 0.3) is 0 Å². The van der Waals surface area contributed by atoms with E-state index in [4.69, 9.17) is 33.2 Å². The van der Waals surface area contributed by atoms with Gasteiger partial charge in [0.1, 0.15) is 23.9 Å². The van der Waals surface area contributed by atoms with Gasteiger partial charge in [0, 0.05) is 11.8 Å². The first-order valence-corrected chi connectivity index (χ1v) is 19.7. The van der Waals surface area contributed by atoms with Gasteiger partial charge in [0.2, 0.25) is 0 Å². The molecule has 0 spiro atoms. The zero-order valence-electron chi connectivity index (χ0n) is 33.3. The Morgan fingerprint density at radius 3 is 1.58 bits per heavy atom. The minimum Gasteiger partial charge on any atom is -0.459 e. The molecule has 12 nitrogen and oxygen atoms in total. The first-order chi connectivity index (χ1) is 28.3. The van der Waals surface area contributed by atoms with Crippen LogP contribution in [0.5, 0.6) is 0 Å². The second kappa shape index (κ2) is 17.3. The normalized spacial score (nSPS) is 28.7. The van der Waals surface area contributed by atoms with E-state index in [9.17, 15) is 24.3 Å². The van der Waals surface area contributed by atoms with Crippen LogP contribution in [-0.2, 0) is 33.2 Å². The van der Waals surface area contributed by atoms with E-state index in [1.807, 2.05) is 26.8 Å². The number of ether oxygens (including phenoxy) is 7. The number of hydrogen-bond acceptors (Lipinski definition) is 12. The van der Waals surface area contributed by atoms with Crippen LogP contribution >= 0.6 is 0 Å². The van der Waals surface area contributed by atoms with E-state index in [2.05, 4.69) is 0 Å². The lowest BCUT2D eigenvalue weighted by atomic mass is 9.63. The standard InChI is InChI=1S/C47H48O12/c1-30(25-26-47-45(2,3)27-35(48)28-46(47,4)59-47)54-44-39(58-43(52)34-23-15-8-16-24-34)38(57-42(51)33-21-13-7-14-22-33)37(56-41(50)32-19-11-6-12-20-32)36(55-44)29-53-40(49)31-17-9-5-10-18-31/h5-26,30,35-39,44,48H,27-29H2,1-4H3/b26-25+. The molecule has 4 aromatic rings. The maximum absolute atomic E-state index is 13.9. The molecule has 2 saturated heterocycles. The van der Waals surface area contributed by atoms with Crippen molar-refractivity contribution in [2.75, 3.05) is 6.61 Å². The number of benzene rings is 4. The molecular formula is C47H48O12. The fraction of sp³-hybridized carbons (Fsp3) is 0.362. The van der Waals surface area contributed by atoms with Crippen molar-refractivity contribution in [2.45, 2.75) is 94.7 Å². The highest BCUT2D eigenvalue weighted by molar-refractivity contribution is 5.91. The Bertz CT molecular complexity index is 2130. The van der Waals surface area contributed by atoms with Crippen LogP contribution in [0.15, 0.2) is 133 Å². The van der Waals surface area contributed by atoms with Gasteiger partial charge in [-0.05, 0) is 68.8 Å². The molecule has 2 aliphatic heterocycles. The number of esters is 4. The van der Waals surface area contributed by atoms with Gasteiger partial charge in [0.15, 0.2) is 24.6 Å². The molecule has 3 fully saturated rings. The van der Waals surface area contributed by atoms with Crippen molar-refractivity contribution >= 4 is 23.9 Å². The van der Waals surface area contributed by atoms with Crippen molar-refractivity contribution in [1.29, 1.82) is 0 Å². The molecule has 2 heterocycles. The summed E-state index contributed by atoms with van der Waals surface area (Å²) in [5, 5.41) is 10.6. The predicted octanol–water partition coefficient (Wildman–Crippen LogP) is 6.92. The van der Waals surface area contributed by atoms with E-state index in [1.54, 1.807) is 134 Å². The lowest BCUT2D eigenvalue weighted by Gasteiger charge is -2.44. The quantitative estimate of drug-likeness (QED) is 0.0646. The maximum atomic E-state index is 13.9. The molecule has 1 aliphatic carbocycles. The lowest BCUT2D eigenvalue weighted by Crippen LogP contribution is -2.63. The van der Waals surface area contributed by atoms with Crippen molar-refractivity contribution in [3.8, 4) is 0 Å². The third kappa shape index (κ3) is 9.01. The molecule has 3 aliphatic rings. The van der Waals surface area contributed by atoms with Crippen LogP contribution in [0.2, 0.25) is 0 Å². The average Bonchev–Trinajstić information content (AvgIpc) is 3.87. The van der Waals surface area contributed by atoms with E-state index in [1.165, 1.54) is 0 Å². The van der Waals surface area contributed by atoms with Crippen LogP contribution in [0.4, 0.5) is 0 Å². The summed E-state index contributed by atoms with van der Waals surface area (Å²) in [4.78, 5) is 54.8. The molecule has 308 valence electrons. The highest BCUT2D eigenvalue weighted by atomic mass is 16.7. The molecule has 4 aromatic carbocycles. The van der Waals surface area contributed by atoms with Gasteiger partial charge in [-0.15, -0.1) is 0 Å². The van der Waals surface area contributed by atoms with E-state index >= 15 is 0 Å². The SMILES string of the molecule is CC(/C=C/C12OC1(C)CC(O)CC2(C)C)OC1OC(COC(=O)c2ccccc2)C(OC(=O)c2ccccc2)C(OC(=O)c2ccccc2)C1OC(=O)c1ccccc1. The molecule has 12 heteroatoms. The van der Waals surface area contributed by atoms with Crippen molar-refractivity contribution < 1.29 is 57.4 Å². The molecule has 1 saturated carbocycles. The zero-order chi connectivity index (χ0) is 41.8. The Hall–Kier alpha value is -5.66. The summed E-state index contributed by atoms with van der Waals surface area (Å²) < 4.78 is 43.6. The fourth-order valence-corrected chi connectivity index (χ4v) is 8.24. The zero-order valence-corrected chi connectivity index (χ0v) is 33.3. The molecule has 0 radical (unpaired) electrons. The van der Waals surface area contributed by atoms with Gasteiger partial charge in [0.25, 0.3) is 0 Å². The third-order valence-electron chi connectivity index (χ3n) is 11.2. The second-order valence-corrected chi connectivity index (χ2v) is 15.9. The van der Waals surface area contributed by atoms with Crippen LogP contribution in [0.1, 0.15) is 82.0 Å². The second-order valence-electron chi connectivity index (χ2n) is 15.9. The molecule has 0 bridgehead atoms. The molecule has 9 atom stereocenters. The Morgan fingerprint density at radius 2 is 1.10 bits per heavy atom. The summed E-state index contributed by atoms with van der Waals surface area (Å²) in [6.07, 6.45) is -3.82. The third-order valence-corrected chi connectivity index (χ3v) is 11.2. The number of rotatable bonds is 13. The van der Waals surface area contributed by atoms with Gasteiger partial charge in [-0.2, -0.15) is 0 Å². The van der Waals surface area contributed by atoms with E-state index < -0.39 is 90.0 Å². The largest absolute Gasteiger partial charge is 0.459 e. The number of carbonyl (C=O) groups excluding carboxylic acids is 4. The summed E-state index contributed by atoms with van der Waals surface area (Å²) in [5.74, 6) is -3.08. The summed E-state index contributed by atoms with van der Waals surface area (Å²) in [6.45, 7) is 7.34. The Labute approximate surface area is 343 Å². The van der Waals surface area contributed by atoms with Crippen molar-refractivity contribution in [1.82, 2.24) is 0 Å². The summed E-state index contributed by atoms with van der Waals surface area (Å²) in [7, 11) is 0. The van der Waals surface area contributed by atoms with Crippen LogP contribution in [0, 0.1) is 5.41 Å². The molecule has 59 heavy (non-hydrogen) atoms. The fourth-order valence-electron chi connectivity index (χ4n) is 8.24. The van der Waals surface area contributed by atoms with Gasteiger partial charge < -0.3 is 38.3 Å². The van der Waals surface area contributed by atoms with E-state index in [0.29, 0.717) is 12.8 Å². The van der Waals surface area contributed by atoms with Crippen molar-refractivity contribution in [3.63, 3.8) is 0 Å². The summed E-state index contributed by atoms with van der Waals surface area (Å²) in [5.41, 5.74) is -0.862. The van der Waals surface area contributed by atoms with Gasteiger partial charge >= 0.3 is 23.9 Å². The molecular weight excluding hydrogens is 757 g/mol. The average molecular weight is 805 g/mol. The minimum absolute atomic E-state index is 0.174. The van der Waals surface area contributed by atoms with Crippen molar-refractivity contribution in [2.24, 2.45) is 5.41 Å². The molecule has 0 amide bonds. The Kier molecular flexibility index (Phi) is 12.2. The first-order valence-electron chi connectivity index (χ1n) is 19.7. The van der Waals surface area contributed by atoms with Gasteiger partial charge in [-0.3, -0.25) is 0 Å². The highest BCUT2D eigenvalue weighted by Gasteiger charge is 2.74. The Balaban J connectivity index is 1.26. The van der Waals surface area contributed by atoms with Gasteiger partial charge in [0.05, 0.1) is 34.5 Å². The smallest absolute Gasteiger partial charge is 0.338 e. The van der Waals surface area contributed by atoms with Crippen LogP contribution in [-0.4, -0.2) is 89.7 Å². The molecule has 1 N–H and O–H groups in total. The number of aliphatic hydroxyl groups is 1. The summed E-state index contributed by atoms with van der Waals surface area (Å²) in [6, 6.07) is 32.8. The highest BCUT2D eigenvalue weighted by Crippen LogP contribution is 2.66. The molecule has 9 unspecified atom stereocenters. The first kappa shape index (κ1) is 41.5. The minimum atomic E-state index is -1.55. The van der Waals surface area contributed by atoms with Crippen LogP contribution in [0.3, 0.4) is 0 Å². The number of epoxide rings is 1.